The van der Waals surface area contributed by atoms with Crippen molar-refractivity contribution in [3.8, 4) is 11.5 Å². The second-order valence-electron chi connectivity index (χ2n) is 5.17. The smallest absolute Gasteiger partial charge is 0.273 e. The van der Waals surface area contributed by atoms with Gasteiger partial charge in [-0.3, -0.25) is 20.0 Å². The number of hydrogen-bond donors (Lipinski definition) is 5. The summed E-state index contributed by atoms with van der Waals surface area (Å²) < 4.78 is 0. The highest BCUT2D eigenvalue weighted by Crippen LogP contribution is 2.20. The van der Waals surface area contributed by atoms with E-state index >= 15 is 0 Å². The van der Waals surface area contributed by atoms with Gasteiger partial charge in [0.05, 0.1) is 28.7 Å². The van der Waals surface area contributed by atoms with Crippen molar-refractivity contribution in [2.45, 2.75) is 13.8 Å². The molecule has 1 aromatic heterocycles. The zero-order valence-electron chi connectivity index (χ0n) is 13.6. The first-order valence-corrected chi connectivity index (χ1v) is 7.18. The fourth-order valence-corrected chi connectivity index (χ4v) is 2.12. The molecule has 130 valence electrons. The average Bonchev–Trinajstić information content (AvgIpc) is 2.56. The van der Waals surface area contributed by atoms with Crippen molar-refractivity contribution in [2.24, 2.45) is 10.9 Å². The number of hydrazone groups is 1. The third kappa shape index (κ3) is 4.09. The predicted molar refractivity (Wildman–Crippen MR) is 90.2 cm³/mol. The van der Waals surface area contributed by atoms with Crippen molar-refractivity contribution in [3.05, 3.63) is 52.3 Å². The summed E-state index contributed by atoms with van der Waals surface area (Å²) in [6, 6.07) is 5.33. The van der Waals surface area contributed by atoms with Crippen LogP contribution in [-0.2, 0) is 0 Å². The van der Waals surface area contributed by atoms with Crippen molar-refractivity contribution in [1.82, 2.24) is 15.8 Å². The molecule has 0 spiro atoms. The number of nitrogens with zero attached hydrogens (tertiary/aromatic N) is 2. The zero-order valence-corrected chi connectivity index (χ0v) is 13.6. The van der Waals surface area contributed by atoms with E-state index in [4.69, 9.17) is 5.84 Å². The van der Waals surface area contributed by atoms with Gasteiger partial charge in [0.1, 0.15) is 11.5 Å². The van der Waals surface area contributed by atoms with Crippen LogP contribution in [0.15, 0.2) is 29.4 Å². The van der Waals surface area contributed by atoms with Crippen LogP contribution in [0, 0.1) is 13.8 Å². The maximum Gasteiger partial charge on any atom is 0.273 e. The van der Waals surface area contributed by atoms with Gasteiger partial charge < -0.3 is 10.2 Å². The Morgan fingerprint density at radius 2 is 1.76 bits per heavy atom. The van der Waals surface area contributed by atoms with Gasteiger partial charge in [-0.05, 0) is 32.0 Å². The lowest BCUT2D eigenvalue weighted by Gasteiger charge is -2.09. The normalized spacial score (nSPS) is 10.7. The van der Waals surface area contributed by atoms with Crippen molar-refractivity contribution in [2.75, 3.05) is 0 Å². The molecule has 2 rings (SSSR count). The molecule has 0 fully saturated rings. The first-order valence-electron chi connectivity index (χ1n) is 7.18. The number of carbonyl (C=O) groups is 2. The van der Waals surface area contributed by atoms with Crippen LogP contribution in [0.5, 0.6) is 11.5 Å². The third-order valence-corrected chi connectivity index (χ3v) is 3.41. The van der Waals surface area contributed by atoms with E-state index in [1.165, 1.54) is 24.4 Å². The summed E-state index contributed by atoms with van der Waals surface area (Å²) in [5, 5.41) is 22.6. The molecule has 9 nitrogen and oxygen atoms in total. The number of nitrogens with one attached hydrogen (secondary N) is 2. The summed E-state index contributed by atoms with van der Waals surface area (Å²) in [5.41, 5.74) is 5.79. The maximum absolute atomic E-state index is 12.2. The first-order chi connectivity index (χ1) is 11.8. The van der Waals surface area contributed by atoms with E-state index in [1.807, 2.05) is 5.43 Å². The molecule has 25 heavy (non-hydrogen) atoms. The minimum absolute atomic E-state index is 0.0919. The van der Waals surface area contributed by atoms with Crippen LogP contribution in [0.1, 0.15) is 37.7 Å². The van der Waals surface area contributed by atoms with E-state index < -0.39 is 11.8 Å². The molecular formula is C16H17N5O4. The number of pyridine rings is 1. The molecule has 0 aliphatic heterocycles. The van der Waals surface area contributed by atoms with Crippen molar-refractivity contribution >= 4 is 18.0 Å². The molecule has 0 saturated carbocycles. The third-order valence-electron chi connectivity index (χ3n) is 3.41. The number of amides is 2. The highest BCUT2D eigenvalue weighted by atomic mass is 16.3. The number of benzene rings is 1. The highest BCUT2D eigenvalue weighted by molar-refractivity contribution is 6.00. The van der Waals surface area contributed by atoms with Gasteiger partial charge in [0.25, 0.3) is 11.8 Å². The van der Waals surface area contributed by atoms with Gasteiger partial charge in [-0.1, -0.05) is 0 Å². The Kier molecular flexibility index (Phi) is 5.30. The molecule has 2 aromatic rings. The van der Waals surface area contributed by atoms with Gasteiger partial charge in [-0.15, -0.1) is 0 Å². The molecule has 0 bridgehead atoms. The molecule has 0 saturated heterocycles. The van der Waals surface area contributed by atoms with E-state index in [9.17, 15) is 19.8 Å². The van der Waals surface area contributed by atoms with Crippen LogP contribution in [0.25, 0.3) is 0 Å². The Morgan fingerprint density at radius 1 is 1.12 bits per heavy atom. The van der Waals surface area contributed by atoms with Gasteiger partial charge in [0.15, 0.2) is 0 Å². The largest absolute Gasteiger partial charge is 0.508 e. The van der Waals surface area contributed by atoms with E-state index in [2.05, 4.69) is 15.5 Å². The van der Waals surface area contributed by atoms with Gasteiger partial charge in [0.2, 0.25) is 0 Å². The fourth-order valence-electron chi connectivity index (χ4n) is 2.12. The first kappa shape index (κ1) is 17.9. The second-order valence-corrected chi connectivity index (χ2v) is 5.17. The summed E-state index contributed by atoms with van der Waals surface area (Å²) in [6.45, 7) is 3.26. The second kappa shape index (κ2) is 7.41. The van der Waals surface area contributed by atoms with Crippen LogP contribution in [0.2, 0.25) is 0 Å². The molecule has 2 amide bonds. The number of aromatic nitrogens is 1. The van der Waals surface area contributed by atoms with Crippen LogP contribution < -0.4 is 16.7 Å². The van der Waals surface area contributed by atoms with Crippen LogP contribution in [0.3, 0.4) is 0 Å². The molecule has 1 aromatic carbocycles. The number of nitrogens with two attached hydrogens (primary N) is 1. The van der Waals surface area contributed by atoms with Crippen LogP contribution in [0.4, 0.5) is 0 Å². The summed E-state index contributed by atoms with van der Waals surface area (Å²) >= 11 is 0. The number of carbonyl (C=O) groups excluding carboxylic acids is 2. The lowest BCUT2D eigenvalue weighted by Crippen LogP contribution is -2.31. The number of nitrogen functional groups attached to an aromatic ring is 1. The predicted octanol–water partition coefficient (Wildman–Crippen LogP) is 0.477. The van der Waals surface area contributed by atoms with E-state index in [0.29, 0.717) is 17.0 Å². The van der Waals surface area contributed by atoms with Gasteiger partial charge in [-0.25, -0.2) is 11.3 Å². The molecule has 9 heteroatoms. The summed E-state index contributed by atoms with van der Waals surface area (Å²) in [7, 11) is 0. The van der Waals surface area contributed by atoms with Crippen molar-refractivity contribution in [3.63, 3.8) is 0 Å². The fraction of sp³-hybridized carbons (Fsp3) is 0.125. The van der Waals surface area contributed by atoms with Gasteiger partial charge in [-0.2, -0.15) is 5.10 Å². The quantitative estimate of drug-likeness (QED) is 0.236. The van der Waals surface area contributed by atoms with E-state index in [1.54, 1.807) is 13.8 Å². The monoisotopic (exact) mass is 343 g/mol. The molecule has 0 unspecified atom stereocenters. The number of phenolic OH excluding ortho intramolecular Hbond substituents is 2. The Hall–Kier alpha value is -3.46. The Bertz CT molecular complexity index is 864. The molecule has 0 radical (unpaired) electrons. The zero-order chi connectivity index (χ0) is 18.6. The average molecular weight is 343 g/mol. The van der Waals surface area contributed by atoms with E-state index in [0.717, 1.165) is 6.07 Å². The summed E-state index contributed by atoms with van der Waals surface area (Å²) in [4.78, 5) is 28.1. The molecule has 0 aliphatic rings. The number of aromatic hydroxyl groups is 2. The minimum atomic E-state index is -0.578. The number of rotatable bonds is 4. The summed E-state index contributed by atoms with van der Waals surface area (Å²) in [5.74, 6) is 3.70. The Morgan fingerprint density at radius 3 is 2.36 bits per heavy atom. The molecule has 0 atom stereocenters. The molecule has 1 heterocycles. The lowest BCUT2D eigenvalue weighted by molar-refractivity contribution is 0.0952. The number of hydrogen-bond acceptors (Lipinski definition) is 7. The SMILES string of the molecule is Cc1nc(C)c(C(=O)N/N=C/c2ccc(O)cc2O)cc1C(=O)NN. The molecule has 6 N–H and O–H groups in total. The highest BCUT2D eigenvalue weighted by Gasteiger charge is 2.16. The lowest BCUT2D eigenvalue weighted by atomic mass is 10.1. The minimum Gasteiger partial charge on any atom is -0.508 e. The number of phenols is 2. The topological polar surface area (TPSA) is 150 Å². The molecule has 0 aliphatic carbocycles. The summed E-state index contributed by atoms with van der Waals surface area (Å²) in [6.07, 6.45) is 1.22. The standard InChI is InChI=1S/C16H17N5O4/c1-8-12(15(24)20-17)6-13(9(2)19-8)16(25)21-18-7-10-3-4-11(22)5-14(10)23/h3-7,22-23H,17H2,1-2H3,(H,20,24)(H,21,25)/b18-7+. The Labute approximate surface area is 143 Å². The van der Waals surface area contributed by atoms with Crippen LogP contribution in [-0.4, -0.2) is 33.2 Å². The molecular weight excluding hydrogens is 326 g/mol. The maximum atomic E-state index is 12.2. The van der Waals surface area contributed by atoms with Crippen LogP contribution >= 0.6 is 0 Å². The number of aryl methyl sites for hydroxylation is 2. The van der Waals surface area contributed by atoms with Crippen molar-refractivity contribution < 1.29 is 19.8 Å². The van der Waals surface area contributed by atoms with Gasteiger partial charge in [0, 0.05) is 11.6 Å². The van der Waals surface area contributed by atoms with Crippen molar-refractivity contribution in [1.29, 1.82) is 0 Å². The van der Waals surface area contributed by atoms with E-state index in [-0.39, 0.29) is 22.6 Å². The number of hydrazine groups is 1. The van der Waals surface area contributed by atoms with Gasteiger partial charge >= 0.3 is 0 Å². The Balaban J connectivity index is 2.20.